The number of rotatable bonds is 5. The van der Waals surface area contributed by atoms with E-state index in [2.05, 4.69) is 76.8 Å². The number of aliphatic hydroxyl groups is 1. The van der Waals surface area contributed by atoms with Crippen molar-refractivity contribution in [3.63, 3.8) is 0 Å². The number of aromatic amines is 1. The highest BCUT2D eigenvalue weighted by Gasteiger charge is 2.70. The molecule has 0 radical (unpaired) electrons. The van der Waals surface area contributed by atoms with Gasteiger partial charge >= 0.3 is 0 Å². The van der Waals surface area contributed by atoms with Crippen LogP contribution in [0.15, 0.2) is 72.9 Å². The van der Waals surface area contributed by atoms with Crippen LogP contribution in [0.3, 0.4) is 0 Å². The van der Waals surface area contributed by atoms with Crippen LogP contribution >= 0.6 is 0 Å². The number of likely N-dealkylation sites (N-methyl/N-ethyl adjacent to an activating group) is 2. The quantitative estimate of drug-likeness (QED) is 0.242. The number of aromatic nitrogens is 1. The van der Waals surface area contributed by atoms with E-state index in [4.69, 9.17) is 9.47 Å². The topological polar surface area (TPSA) is 131 Å². The maximum absolute atomic E-state index is 14.2. The molecule has 3 aliphatic carbocycles. The number of methoxy groups -OCH3 is 1. The zero-order valence-electron chi connectivity index (χ0n) is 37.1. The van der Waals surface area contributed by atoms with Crippen molar-refractivity contribution >= 4 is 28.6 Å². The molecule has 0 spiro atoms. The molecule has 6 fully saturated rings. The van der Waals surface area contributed by atoms with Crippen molar-refractivity contribution in [1.82, 2.24) is 29.9 Å². The van der Waals surface area contributed by atoms with Gasteiger partial charge in [0.05, 0.1) is 13.0 Å². The van der Waals surface area contributed by atoms with E-state index in [1.165, 1.54) is 73.4 Å². The smallest absolute Gasteiger partial charge is 0.280 e. The molecule has 3 amide bonds. The third-order valence-electron chi connectivity index (χ3n) is 16.9. The van der Waals surface area contributed by atoms with Crippen LogP contribution in [-0.2, 0) is 43.8 Å². The summed E-state index contributed by atoms with van der Waals surface area (Å²) in [6, 6.07) is 22.0. The molecule has 5 saturated heterocycles. The maximum atomic E-state index is 14.2. The molecule has 3 N–H and O–H groups in total. The van der Waals surface area contributed by atoms with E-state index in [1.54, 1.807) is 23.1 Å². The molecule has 8 aliphatic rings. The van der Waals surface area contributed by atoms with E-state index in [9.17, 15) is 19.5 Å². The molecular weight excluding hydrogens is 793 g/mol. The fourth-order valence-electron chi connectivity index (χ4n) is 14.0. The van der Waals surface area contributed by atoms with Gasteiger partial charge in [-0.15, -0.1) is 0 Å². The first kappa shape index (κ1) is 41.0. The van der Waals surface area contributed by atoms with E-state index in [0.29, 0.717) is 37.8 Å². The Morgan fingerprint density at radius 3 is 2.59 bits per heavy atom. The van der Waals surface area contributed by atoms with Gasteiger partial charge in [0.15, 0.2) is 0 Å². The van der Waals surface area contributed by atoms with Crippen molar-refractivity contribution in [3.8, 4) is 5.75 Å². The molecule has 332 valence electrons. The summed E-state index contributed by atoms with van der Waals surface area (Å²) < 4.78 is 11.8. The first-order chi connectivity index (χ1) is 30.4. The van der Waals surface area contributed by atoms with Gasteiger partial charge in [0, 0.05) is 60.0 Å². The third-order valence-corrected chi connectivity index (χ3v) is 16.9. The number of nitrogens with zero attached hydrogens (tertiary/aromatic N) is 4. The van der Waals surface area contributed by atoms with Crippen LogP contribution in [0.5, 0.6) is 5.75 Å². The van der Waals surface area contributed by atoms with Crippen molar-refractivity contribution in [2.75, 3.05) is 40.8 Å². The van der Waals surface area contributed by atoms with Gasteiger partial charge in [-0.3, -0.25) is 24.0 Å². The Bertz CT molecular complexity index is 2460. The van der Waals surface area contributed by atoms with Crippen LogP contribution in [0.4, 0.5) is 0 Å². The zero-order chi connectivity index (χ0) is 43.4. The lowest BCUT2D eigenvalue weighted by molar-refractivity contribution is -0.315. The lowest BCUT2D eigenvalue weighted by Gasteiger charge is -2.58. The number of carbonyl (C=O) groups is 3. The van der Waals surface area contributed by atoms with Crippen molar-refractivity contribution in [2.24, 2.45) is 11.8 Å². The number of ether oxygens (including phenoxy) is 2. The molecule has 6 heterocycles. The lowest BCUT2D eigenvalue weighted by atomic mass is 9.52. The summed E-state index contributed by atoms with van der Waals surface area (Å²) >= 11 is 0. The highest BCUT2D eigenvalue weighted by Crippen LogP contribution is 2.56. The molecule has 5 aliphatic heterocycles. The predicted molar refractivity (Wildman–Crippen MR) is 239 cm³/mol. The van der Waals surface area contributed by atoms with E-state index in [-0.39, 0.29) is 36.1 Å². The van der Waals surface area contributed by atoms with Gasteiger partial charge in [0.1, 0.15) is 17.8 Å². The number of amides is 3. The van der Waals surface area contributed by atoms with Gasteiger partial charge in [-0.25, -0.2) is 0 Å². The Hall–Kier alpha value is -4.75. The molecular formula is C51H62N6O6. The molecule has 12 nitrogen and oxygen atoms in total. The predicted octanol–water partition coefficient (Wildman–Crippen LogP) is 5.46. The van der Waals surface area contributed by atoms with Crippen molar-refractivity contribution in [1.29, 1.82) is 0 Å². The summed E-state index contributed by atoms with van der Waals surface area (Å²) in [5, 5.41) is 16.2. The summed E-state index contributed by atoms with van der Waals surface area (Å²) in [4.78, 5) is 53.0. The minimum Gasteiger partial charge on any atom is -0.497 e. The zero-order valence-corrected chi connectivity index (χ0v) is 37.1. The second kappa shape index (κ2) is 15.2. The molecule has 3 aromatic carbocycles. The van der Waals surface area contributed by atoms with Gasteiger partial charge in [-0.2, -0.15) is 0 Å². The van der Waals surface area contributed by atoms with Gasteiger partial charge in [0.25, 0.3) is 11.8 Å². The second-order valence-electron chi connectivity index (χ2n) is 20.2. The number of piperazine rings is 1. The van der Waals surface area contributed by atoms with Crippen LogP contribution in [0.25, 0.3) is 10.9 Å². The molecule has 1 saturated carbocycles. The van der Waals surface area contributed by atoms with E-state index >= 15 is 0 Å². The fraction of sp³-hybridized carbons (Fsp3) is 0.549. The molecule has 2 bridgehead atoms. The standard InChI is InChI=1S/C33H37N5O5.C18H25NO/c1-32(35-29(39)21-15-23-22-10-6-11-24-28(22)20(17-34-24)16-25(23)36(2)18-21)31(41)38-26(14-19-8-4-3-5-9-19)30(40)37-13-7-12-27(37)33(38,42)43-32;1-19-10-9-18-8-4-3-5-15(18)17(19)11-13-6-7-14(20-2)12-16(13)18/h3-6,8-11,17,21,23,25-27,34,42H,7,12-16,18H2,1-2H3,(H,35,39);6-7,12,15,17H,3-5,8-11H2,1-2H3/t21-,23-,25-,26+,27+,32-,33+;15-,17+,18+/m11/s1. The average molecular weight is 855 g/mol. The van der Waals surface area contributed by atoms with E-state index < -0.39 is 29.6 Å². The highest BCUT2D eigenvalue weighted by atomic mass is 16.7. The summed E-state index contributed by atoms with van der Waals surface area (Å²) in [7, 11) is 6.18. The number of benzene rings is 3. The summed E-state index contributed by atoms with van der Waals surface area (Å²) in [6.45, 7) is 3.82. The molecule has 12 heteroatoms. The number of H-pyrrole nitrogens is 1. The van der Waals surface area contributed by atoms with Crippen molar-refractivity contribution in [2.45, 2.75) is 125 Å². The van der Waals surface area contributed by atoms with Crippen LogP contribution in [0.2, 0.25) is 0 Å². The number of likely N-dealkylation sites (tertiary alicyclic amines) is 2. The number of carbonyl (C=O) groups excluding carboxylic acids is 3. The summed E-state index contributed by atoms with van der Waals surface area (Å²) in [5.41, 5.74) is 6.41. The van der Waals surface area contributed by atoms with Gasteiger partial charge in [-0.1, -0.05) is 61.4 Å². The Labute approximate surface area is 370 Å². The Balaban J connectivity index is 0.000000185. The first-order valence-corrected chi connectivity index (χ1v) is 23.5. The van der Waals surface area contributed by atoms with Crippen molar-refractivity contribution in [3.05, 3.63) is 101 Å². The second-order valence-corrected chi connectivity index (χ2v) is 20.2. The summed E-state index contributed by atoms with van der Waals surface area (Å²) in [6.07, 6.45) is 13.3. The minimum absolute atomic E-state index is 0.171. The monoisotopic (exact) mass is 854 g/mol. The maximum Gasteiger partial charge on any atom is 0.280 e. The Morgan fingerprint density at radius 1 is 0.937 bits per heavy atom. The molecule has 12 rings (SSSR count). The van der Waals surface area contributed by atoms with E-state index in [0.717, 1.165) is 35.2 Å². The van der Waals surface area contributed by atoms with Gasteiger partial charge in [0.2, 0.25) is 17.5 Å². The largest absolute Gasteiger partial charge is 0.497 e. The summed E-state index contributed by atoms with van der Waals surface area (Å²) in [5.74, 6) is -1.40. The SMILES string of the molecule is CN1C[C@H](C(=O)N[C@]2(C)O[C@@]3(O)[C@@H]4CCCN4C(=O)[C@H](Cc4ccccc4)N3C2=O)C[C@@H]2c3cccc4[nH]cc(c34)C[C@H]21.COc1ccc2c(c1)[C@]13CCCC[C@@H]1[C@H](C2)N(C)CC3. The van der Waals surface area contributed by atoms with Crippen LogP contribution in [-0.4, -0.2) is 124 Å². The van der Waals surface area contributed by atoms with Crippen LogP contribution in [0, 0.1) is 11.8 Å². The van der Waals surface area contributed by atoms with E-state index in [1.807, 2.05) is 30.3 Å². The number of piperidine rings is 2. The minimum atomic E-state index is -2.03. The Morgan fingerprint density at radius 2 is 1.76 bits per heavy atom. The molecule has 0 unspecified atom stereocenters. The molecule has 4 aromatic rings. The number of hydrogen-bond donors (Lipinski definition) is 3. The highest BCUT2D eigenvalue weighted by molar-refractivity contribution is 5.97. The fourth-order valence-corrected chi connectivity index (χ4v) is 14.0. The van der Waals surface area contributed by atoms with Gasteiger partial charge in [-0.05, 0) is 131 Å². The third kappa shape index (κ3) is 6.32. The first-order valence-electron chi connectivity index (χ1n) is 23.5. The average Bonchev–Trinajstić information content (AvgIpc) is 4.01. The van der Waals surface area contributed by atoms with Gasteiger partial charge < -0.3 is 34.8 Å². The number of hydrogen-bond acceptors (Lipinski definition) is 8. The number of nitrogens with one attached hydrogen (secondary N) is 2. The molecule has 1 aromatic heterocycles. The Kier molecular flexibility index (Phi) is 9.87. The molecule has 63 heavy (non-hydrogen) atoms. The number of fused-ring (bicyclic) bond motifs is 6. The lowest BCUT2D eigenvalue weighted by Crippen LogP contribution is -2.71. The molecule has 10 atom stereocenters. The van der Waals surface area contributed by atoms with Crippen molar-refractivity contribution < 1.29 is 29.0 Å². The van der Waals surface area contributed by atoms with Crippen LogP contribution < -0.4 is 10.1 Å². The van der Waals surface area contributed by atoms with Crippen LogP contribution in [0.1, 0.15) is 92.0 Å². The normalized spacial score (nSPS) is 35.5.